The standard InChI is InChI=1S/C19H31N3O2.HI/c1-19(2,14-10-11-16(23-4)17(12-14)24-5)13-21-18(20-3)22-15-8-6-7-9-15;/h10-12,15H,6-9,13H2,1-5H3,(H2,20,21,22);1H. The maximum absolute atomic E-state index is 5.43. The van der Waals surface area contributed by atoms with Crippen molar-refractivity contribution in [3.05, 3.63) is 23.8 Å². The van der Waals surface area contributed by atoms with E-state index in [9.17, 15) is 0 Å². The van der Waals surface area contributed by atoms with Crippen LogP contribution < -0.4 is 20.1 Å². The van der Waals surface area contributed by atoms with Gasteiger partial charge >= 0.3 is 0 Å². The van der Waals surface area contributed by atoms with Crippen LogP contribution in [0.25, 0.3) is 0 Å². The molecule has 1 aliphatic carbocycles. The Morgan fingerprint density at radius 1 is 1.16 bits per heavy atom. The number of nitrogens with one attached hydrogen (secondary N) is 2. The van der Waals surface area contributed by atoms with Crippen molar-refractivity contribution >= 4 is 29.9 Å². The molecule has 0 unspecified atom stereocenters. The van der Waals surface area contributed by atoms with Gasteiger partial charge in [0.25, 0.3) is 0 Å². The van der Waals surface area contributed by atoms with Crippen LogP contribution in [0.5, 0.6) is 11.5 Å². The van der Waals surface area contributed by atoms with Crippen LogP contribution in [-0.4, -0.2) is 39.8 Å². The van der Waals surface area contributed by atoms with Crippen molar-refractivity contribution in [2.75, 3.05) is 27.8 Å². The molecule has 5 nitrogen and oxygen atoms in total. The Kier molecular flexibility index (Phi) is 8.82. The lowest BCUT2D eigenvalue weighted by atomic mass is 9.84. The van der Waals surface area contributed by atoms with E-state index in [0.717, 1.165) is 24.0 Å². The van der Waals surface area contributed by atoms with E-state index in [-0.39, 0.29) is 29.4 Å². The fourth-order valence-electron chi connectivity index (χ4n) is 3.12. The molecule has 1 aromatic carbocycles. The quantitative estimate of drug-likeness (QED) is 0.386. The highest BCUT2D eigenvalue weighted by molar-refractivity contribution is 14.0. The summed E-state index contributed by atoms with van der Waals surface area (Å²) in [5.74, 6) is 2.40. The third-order valence-electron chi connectivity index (χ3n) is 4.78. The molecule has 0 saturated heterocycles. The Morgan fingerprint density at radius 2 is 1.80 bits per heavy atom. The van der Waals surface area contributed by atoms with Crippen molar-refractivity contribution in [1.82, 2.24) is 10.6 Å². The fourth-order valence-corrected chi connectivity index (χ4v) is 3.12. The molecule has 1 aromatic rings. The van der Waals surface area contributed by atoms with Crippen LogP contribution in [0.3, 0.4) is 0 Å². The molecule has 0 bridgehead atoms. The maximum Gasteiger partial charge on any atom is 0.191 e. The van der Waals surface area contributed by atoms with E-state index in [1.165, 1.54) is 31.2 Å². The van der Waals surface area contributed by atoms with Crippen molar-refractivity contribution in [2.24, 2.45) is 4.99 Å². The van der Waals surface area contributed by atoms with E-state index in [0.29, 0.717) is 6.04 Å². The van der Waals surface area contributed by atoms with Crippen LogP contribution in [0, 0.1) is 0 Å². The first-order chi connectivity index (χ1) is 11.5. The molecular formula is C19H32IN3O2. The van der Waals surface area contributed by atoms with Gasteiger partial charge in [0.05, 0.1) is 14.2 Å². The zero-order chi connectivity index (χ0) is 17.6. The smallest absolute Gasteiger partial charge is 0.191 e. The van der Waals surface area contributed by atoms with Gasteiger partial charge in [-0.05, 0) is 30.5 Å². The van der Waals surface area contributed by atoms with Crippen LogP contribution in [0.2, 0.25) is 0 Å². The number of rotatable bonds is 6. The molecule has 2 N–H and O–H groups in total. The first-order valence-electron chi connectivity index (χ1n) is 8.70. The van der Waals surface area contributed by atoms with Gasteiger partial charge in [-0.25, -0.2) is 0 Å². The van der Waals surface area contributed by atoms with E-state index in [4.69, 9.17) is 9.47 Å². The van der Waals surface area contributed by atoms with Gasteiger partial charge in [-0.3, -0.25) is 4.99 Å². The summed E-state index contributed by atoms with van der Waals surface area (Å²) in [4.78, 5) is 4.36. The van der Waals surface area contributed by atoms with Crippen molar-refractivity contribution < 1.29 is 9.47 Å². The first kappa shape index (κ1) is 21.9. The molecule has 1 aliphatic rings. The highest BCUT2D eigenvalue weighted by atomic mass is 127. The van der Waals surface area contributed by atoms with E-state index < -0.39 is 0 Å². The Bertz CT molecular complexity index is 570. The average Bonchev–Trinajstić information content (AvgIpc) is 3.10. The molecule has 0 atom stereocenters. The van der Waals surface area contributed by atoms with Crippen LogP contribution in [0.1, 0.15) is 45.1 Å². The summed E-state index contributed by atoms with van der Waals surface area (Å²) >= 11 is 0. The minimum Gasteiger partial charge on any atom is -0.493 e. The largest absolute Gasteiger partial charge is 0.493 e. The SMILES string of the molecule is CN=C(NCC(C)(C)c1ccc(OC)c(OC)c1)NC1CCCC1.I. The van der Waals surface area contributed by atoms with Gasteiger partial charge in [-0.1, -0.05) is 32.8 Å². The van der Waals surface area contributed by atoms with E-state index in [1.54, 1.807) is 14.2 Å². The Balaban J connectivity index is 0.00000312. The maximum atomic E-state index is 5.43. The highest BCUT2D eigenvalue weighted by Crippen LogP contribution is 2.32. The molecule has 0 aromatic heterocycles. The summed E-state index contributed by atoms with van der Waals surface area (Å²) < 4.78 is 10.8. The molecule has 1 fully saturated rings. The lowest BCUT2D eigenvalue weighted by molar-refractivity contribution is 0.353. The normalized spacial score (nSPS) is 15.5. The minimum atomic E-state index is -0.0627. The van der Waals surface area contributed by atoms with Gasteiger partial charge in [-0.15, -0.1) is 24.0 Å². The topological polar surface area (TPSA) is 54.9 Å². The monoisotopic (exact) mass is 461 g/mol. The molecule has 142 valence electrons. The predicted octanol–water partition coefficient (Wildman–Crippen LogP) is 3.71. The molecule has 0 spiro atoms. The number of benzene rings is 1. The van der Waals surface area contributed by atoms with Crippen molar-refractivity contribution in [2.45, 2.75) is 51.0 Å². The van der Waals surface area contributed by atoms with E-state index in [2.05, 4.69) is 35.5 Å². The highest BCUT2D eigenvalue weighted by Gasteiger charge is 2.23. The van der Waals surface area contributed by atoms with Gasteiger partial charge in [0.2, 0.25) is 0 Å². The van der Waals surface area contributed by atoms with Crippen molar-refractivity contribution in [1.29, 1.82) is 0 Å². The second-order valence-corrected chi connectivity index (χ2v) is 7.01. The number of aliphatic imine (C=N–C) groups is 1. The fraction of sp³-hybridized carbons (Fsp3) is 0.632. The summed E-state index contributed by atoms with van der Waals surface area (Å²) in [6.07, 6.45) is 5.09. The molecule has 1 saturated carbocycles. The lowest BCUT2D eigenvalue weighted by Crippen LogP contribution is -2.46. The van der Waals surface area contributed by atoms with E-state index in [1.807, 2.05) is 19.2 Å². The summed E-state index contributed by atoms with van der Waals surface area (Å²) in [6, 6.07) is 6.66. The predicted molar refractivity (Wildman–Crippen MR) is 115 cm³/mol. The average molecular weight is 461 g/mol. The number of hydrogen-bond donors (Lipinski definition) is 2. The summed E-state index contributed by atoms with van der Waals surface area (Å²) in [6.45, 7) is 5.21. The van der Waals surface area contributed by atoms with Gasteiger partial charge in [0.15, 0.2) is 17.5 Å². The third-order valence-corrected chi connectivity index (χ3v) is 4.78. The van der Waals surface area contributed by atoms with Crippen LogP contribution >= 0.6 is 24.0 Å². The Labute approximate surface area is 169 Å². The molecule has 6 heteroatoms. The van der Waals surface area contributed by atoms with Gasteiger partial charge in [-0.2, -0.15) is 0 Å². The summed E-state index contributed by atoms with van der Waals surface area (Å²) in [5, 5.41) is 6.99. The first-order valence-corrected chi connectivity index (χ1v) is 8.70. The number of guanidine groups is 1. The Hall–Kier alpha value is -1.18. The summed E-state index contributed by atoms with van der Waals surface area (Å²) in [7, 11) is 5.15. The third kappa shape index (κ3) is 5.94. The minimum absolute atomic E-state index is 0. The van der Waals surface area contributed by atoms with Gasteiger partial charge in [0, 0.05) is 25.0 Å². The number of halogens is 1. The van der Waals surface area contributed by atoms with Gasteiger partial charge in [0.1, 0.15) is 0 Å². The number of methoxy groups -OCH3 is 2. The lowest BCUT2D eigenvalue weighted by Gasteiger charge is -2.28. The molecule has 0 aliphatic heterocycles. The molecular weight excluding hydrogens is 429 g/mol. The van der Waals surface area contributed by atoms with Crippen LogP contribution in [0.15, 0.2) is 23.2 Å². The molecule has 0 amide bonds. The van der Waals surface area contributed by atoms with E-state index >= 15 is 0 Å². The zero-order valence-electron chi connectivity index (χ0n) is 16.0. The van der Waals surface area contributed by atoms with Crippen molar-refractivity contribution in [3.8, 4) is 11.5 Å². The Morgan fingerprint density at radius 3 is 2.36 bits per heavy atom. The van der Waals surface area contributed by atoms with Crippen LogP contribution in [0.4, 0.5) is 0 Å². The zero-order valence-corrected chi connectivity index (χ0v) is 18.3. The molecule has 2 rings (SSSR count). The second kappa shape index (κ2) is 10.1. The van der Waals surface area contributed by atoms with Crippen LogP contribution in [-0.2, 0) is 5.41 Å². The molecule has 0 radical (unpaired) electrons. The van der Waals surface area contributed by atoms with Gasteiger partial charge < -0.3 is 20.1 Å². The number of hydrogen-bond acceptors (Lipinski definition) is 3. The molecule has 0 heterocycles. The number of ether oxygens (including phenoxy) is 2. The number of nitrogens with zero attached hydrogens (tertiary/aromatic N) is 1. The second-order valence-electron chi connectivity index (χ2n) is 7.01. The van der Waals surface area contributed by atoms with Crippen molar-refractivity contribution in [3.63, 3.8) is 0 Å². The molecule has 25 heavy (non-hydrogen) atoms. The summed E-state index contributed by atoms with van der Waals surface area (Å²) in [5.41, 5.74) is 1.14.